The van der Waals surface area contributed by atoms with E-state index in [9.17, 15) is 9.59 Å². The van der Waals surface area contributed by atoms with Crippen LogP contribution >= 0.6 is 0 Å². The van der Waals surface area contributed by atoms with Gasteiger partial charge >= 0.3 is 0 Å². The molecule has 2 aliphatic rings. The van der Waals surface area contributed by atoms with Crippen molar-refractivity contribution in [2.75, 3.05) is 20.3 Å². The van der Waals surface area contributed by atoms with Crippen LogP contribution in [-0.2, 0) is 9.53 Å². The second-order valence-corrected chi connectivity index (χ2v) is 7.65. The lowest BCUT2D eigenvalue weighted by molar-refractivity contribution is -0.124. The fourth-order valence-corrected chi connectivity index (χ4v) is 4.18. The molecule has 0 radical (unpaired) electrons. The van der Waals surface area contributed by atoms with E-state index < -0.39 is 5.92 Å². The minimum atomic E-state index is -0.437. The number of carbonyl (C=O) groups excluding carboxylic acids is 2. The van der Waals surface area contributed by atoms with Crippen molar-refractivity contribution >= 4 is 11.8 Å². The molecule has 0 aromatic heterocycles. The Morgan fingerprint density at radius 1 is 1.18 bits per heavy atom. The van der Waals surface area contributed by atoms with Gasteiger partial charge < -0.3 is 15.0 Å². The number of nitrogens with zero attached hydrogens (tertiary/aromatic N) is 1. The number of hydrogen-bond donors (Lipinski definition) is 1. The van der Waals surface area contributed by atoms with Crippen LogP contribution in [0.15, 0.2) is 48.5 Å². The zero-order chi connectivity index (χ0) is 19.7. The molecule has 2 amide bonds. The van der Waals surface area contributed by atoms with Crippen molar-refractivity contribution in [3.8, 4) is 0 Å². The van der Waals surface area contributed by atoms with E-state index in [4.69, 9.17) is 4.74 Å². The molecular formula is C23H26N2O3. The van der Waals surface area contributed by atoms with Gasteiger partial charge in [-0.25, -0.2) is 0 Å². The highest BCUT2D eigenvalue weighted by molar-refractivity contribution is 6.01. The van der Waals surface area contributed by atoms with Gasteiger partial charge in [0, 0.05) is 25.3 Å². The van der Waals surface area contributed by atoms with Crippen LogP contribution < -0.4 is 5.32 Å². The molecule has 28 heavy (non-hydrogen) atoms. The maximum absolute atomic E-state index is 13.4. The van der Waals surface area contributed by atoms with Gasteiger partial charge in [-0.15, -0.1) is 0 Å². The molecule has 2 aromatic carbocycles. The number of amides is 2. The standard InChI is InChI=1S/C23H26N2O3/c1-15-6-5-7-16(14-15)21-20(22(26)24-12-13-28-2)18-8-3-4-9-19(18)23(27)25(21)17-10-11-17/h3-9,14,17,20-21H,10-13H2,1-2H3,(H,24,26). The highest BCUT2D eigenvalue weighted by atomic mass is 16.5. The number of fused-ring (bicyclic) bond motifs is 1. The molecule has 0 bridgehead atoms. The SMILES string of the molecule is COCCNC(=O)C1c2ccccc2C(=O)N(C2CC2)C1c1cccc(C)c1. The van der Waals surface area contributed by atoms with Crippen molar-refractivity contribution in [2.24, 2.45) is 0 Å². The van der Waals surface area contributed by atoms with Crippen LogP contribution in [0, 0.1) is 6.92 Å². The summed E-state index contributed by atoms with van der Waals surface area (Å²) in [4.78, 5) is 28.6. The van der Waals surface area contributed by atoms with Gasteiger partial charge in [0.05, 0.1) is 18.6 Å². The van der Waals surface area contributed by atoms with Gasteiger partial charge in [-0.1, -0.05) is 48.0 Å². The van der Waals surface area contributed by atoms with Crippen LogP contribution in [0.2, 0.25) is 0 Å². The summed E-state index contributed by atoms with van der Waals surface area (Å²) in [6.45, 7) is 2.95. The van der Waals surface area contributed by atoms with Crippen LogP contribution in [0.5, 0.6) is 0 Å². The predicted octanol–water partition coefficient (Wildman–Crippen LogP) is 3.20. The maximum Gasteiger partial charge on any atom is 0.254 e. The highest BCUT2D eigenvalue weighted by Crippen LogP contribution is 2.47. The molecule has 5 heteroatoms. The highest BCUT2D eigenvalue weighted by Gasteiger charge is 2.48. The lowest BCUT2D eigenvalue weighted by Gasteiger charge is -2.42. The minimum absolute atomic E-state index is 0.0329. The fraction of sp³-hybridized carbons (Fsp3) is 0.391. The zero-order valence-corrected chi connectivity index (χ0v) is 16.4. The number of rotatable bonds is 6. The van der Waals surface area contributed by atoms with E-state index in [1.54, 1.807) is 7.11 Å². The second-order valence-electron chi connectivity index (χ2n) is 7.65. The molecule has 5 nitrogen and oxygen atoms in total. The lowest BCUT2D eigenvalue weighted by atomic mass is 9.78. The lowest BCUT2D eigenvalue weighted by Crippen LogP contribution is -2.48. The summed E-state index contributed by atoms with van der Waals surface area (Å²) >= 11 is 0. The van der Waals surface area contributed by atoms with Crippen molar-refractivity contribution in [3.63, 3.8) is 0 Å². The van der Waals surface area contributed by atoms with Gasteiger partial charge in [-0.05, 0) is 37.0 Å². The van der Waals surface area contributed by atoms with Crippen LogP contribution in [0.1, 0.15) is 51.8 Å². The molecule has 2 aromatic rings. The first-order valence-electron chi connectivity index (χ1n) is 9.86. The van der Waals surface area contributed by atoms with E-state index in [2.05, 4.69) is 11.4 Å². The summed E-state index contributed by atoms with van der Waals surface area (Å²) in [5, 5.41) is 3.00. The van der Waals surface area contributed by atoms with Gasteiger partial charge in [0.15, 0.2) is 0 Å². The molecule has 146 valence electrons. The van der Waals surface area contributed by atoms with Crippen LogP contribution in [0.4, 0.5) is 0 Å². The van der Waals surface area contributed by atoms with E-state index in [1.807, 2.05) is 54.3 Å². The van der Waals surface area contributed by atoms with E-state index in [-0.39, 0.29) is 23.9 Å². The van der Waals surface area contributed by atoms with Gasteiger partial charge in [-0.2, -0.15) is 0 Å². The molecule has 1 aliphatic carbocycles. The van der Waals surface area contributed by atoms with Crippen LogP contribution in [0.25, 0.3) is 0 Å². The molecule has 0 spiro atoms. The Balaban J connectivity index is 1.82. The molecule has 1 heterocycles. The number of carbonyl (C=O) groups is 2. The third kappa shape index (κ3) is 3.42. The Labute approximate surface area is 165 Å². The average molecular weight is 378 g/mol. The summed E-state index contributed by atoms with van der Waals surface area (Å²) < 4.78 is 5.08. The Bertz CT molecular complexity index is 891. The monoisotopic (exact) mass is 378 g/mol. The summed E-state index contributed by atoms with van der Waals surface area (Å²) in [5.41, 5.74) is 3.59. The Kier molecular flexibility index (Phi) is 5.18. The van der Waals surface area contributed by atoms with Gasteiger partial charge in [-0.3, -0.25) is 9.59 Å². The van der Waals surface area contributed by atoms with E-state index in [0.717, 1.165) is 29.5 Å². The van der Waals surface area contributed by atoms with Crippen molar-refractivity contribution in [3.05, 3.63) is 70.8 Å². The van der Waals surface area contributed by atoms with Crippen molar-refractivity contribution < 1.29 is 14.3 Å². The smallest absolute Gasteiger partial charge is 0.254 e. The number of aryl methyl sites for hydroxylation is 1. The van der Waals surface area contributed by atoms with Crippen molar-refractivity contribution in [1.29, 1.82) is 0 Å². The van der Waals surface area contributed by atoms with Crippen LogP contribution in [-0.4, -0.2) is 43.0 Å². The van der Waals surface area contributed by atoms with Crippen molar-refractivity contribution in [2.45, 2.75) is 37.8 Å². The Morgan fingerprint density at radius 3 is 2.68 bits per heavy atom. The first-order chi connectivity index (χ1) is 13.6. The molecule has 1 saturated carbocycles. The molecule has 2 atom stereocenters. The first-order valence-corrected chi connectivity index (χ1v) is 9.86. The maximum atomic E-state index is 13.4. The number of ether oxygens (including phenoxy) is 1. The summed E-state index contributed by atoms with van der Waals surface area (Å²) in [6.07, 6.45) is 1.99. The second kappa shape index (κ2) is 7.76. The predicted molar refractivity (Wildman–Crippen MR) is 107 cm³/mol. The Morgan fingerprint density at radius 2 is 1.96 bits per heavy atom. The molecular weight excluding hydrogens is 352 g/mol. The molecule has 1 N–H and O–H groups in total. The van der Waals surface area contributed by atoms with Gasteiger partial charge in [0.25, 0.3) is 5.91 Å². The third-order valence-corrected chi connectivity index (χ3v) is 5.59. The number of methoxy groups -OCH3 is 1. The van der Waals surface area contributed by atoms with Gasteiger partial charge in [0.1, 0.15) is 0 Å². The van der Waals surface area contributed by atoms with E-state index in [1.165, 1.54) is 0 Å². The van der Waals surface area contributed by atoms with Crippen LogP contribution in [0.3, 0.4) is 0 Å². The first kappa shape index (κ1) is 18.7. The minimum Gasteiger partial charge on any atom is -0.383 e. The molecule has 2 unspecified atom stereocenters. The third-order valence-electron chi connectivity index (χ3n) is 5.59. The molecule has 0 saturated heterocycles. The normalized spacial score (nSPS) is 21.4. The summed E-state index contributed by atoms with van der Waals surface area (Å²) in [5.74, 6) is -0.465. The summed E-state index contributed by atoms with van der Waals surface area (Å²) in [7, 11) is 1.62. The molecule has 1 fully saturated rings. The largest absolute Gasteiger partial charge is 0.383 e. The van der Waals surface area contributed by atoms with E-state index >= 15 is 0 Å². The molecule has 4 rings (SSSR count). The average Bonchev–Trinajstić information content (AvgIpc) is 3.53. The fourth-order valence-electron chi connectivity index (χ4n) is 4.18. The van der Waals surface area contributed by atoms with Gasteiger partial charge in [0.2, 0.25) is 5.91 Å². The quantitative estimate of drug-likeness (QED) is 0.786. The number of nitrogens with one attached hydrogen (secondary N) is 1. The molecule has 1 aliphatic heterocycles. The zero-order valence-electron chi connectivity index (χ0n) is 16.4. The summed E-state index contributed by atoms with van der Waals surface area (Å²) in [6, 6.07) is 15.6. The Hall–Kier alpha value is -2.66. The topological polar surface area (TPSA) is 58.6 Å². The van der Waals surface area contributed by atoms with E-state index in [0.29, 0.717) is 18.7 Å². The van der Waals surface area contributed by atoms with Crippen molar-refractivity contribution in [1.82, 2.24) is 10.2 Å². The number of benzene rings is 2. The number of hydrogen-bond acceptors (Lipinski definition) is 3.